The van der Waals surface area contributed by atoms with E-state index in [2.05, 4.69) is 149 Å². The van der Waals surface area contributed by atoms with E-state index in [1.807, 2.05) is 66.7 Å². The number of nitrogens with zero attached hydrogens (tertiary/aromatic N) is 5. The minimum atomic E-state index is 0.439. The van der Waals surface area contributed by atoms with E-state index in [-0.39, 0.29) is 0 Å². The van der Waals surface area contributed by atoms with Crippen LogP contribution in [-0.4, -0.2) is 19.1 Å². The van der Waals surface area contributed by atoms with Gasteiger partial charge < -0.3 is 9.13 Å². The summed E-state index contributed by atoms with van der Waals surface area (Å²) in [6.45, 7) is 0. The lowest BCUT2D eigenvalue weighted by atomic mass is 9.95. The van der Waals surface area contributed by atoms with Crippen molar-refractivity contribution in [3.8, 4) is 62.5 Å². The van der Waals surface area contributed by atoms with Crippen LogP contribution in [0.3, 0.4) is 0 Å². The highest BCUT2D eigenvalue weighted by molar-refractivity contribution is 6.12. The second-order valence-electron chi connectivity index (χ2n) is 14.5. The summed E-state index contributed by atoms with van der Waals surface area (Å²) in [5.41, 5.74) is 12.8. The van der Waals surface area contributed by atoms with Crippen LogP contribution in [0.5, 0.6) is 0 Å². The summed E-state index contributed by atoms with van der Waals surface area (Å²) < 4.78 is 4.73. The first-order chi connectivity index (χ1) is 28.8. The summed E-state index contributed by atoms with van der Waals surface area (Å²) >= 11 is 0. The van der Waals surface area contributed by atoms with E-state index >= 15 is 0 Å². The molecule has 0 fully saturated rings. The molecule has 0 bridgehead atoms. The summed E-state index contributed by atoms with van der Waals surface area (Å²) in [5, 5.41) is 15.5. The first kappa shape index (κ1) is 33.3. The van der Waals surface area contributed by atoms with E-state index < -0.39 is 0 Å². The molecule has 8 aromatic carbocycles. The normalized spacial score (nSPS) is 11.4. The van der Waals surface area contributed by atoms with Crippen LogP contribution in [0.4, 0.5) is 0 Å². The van der Waals surface area contributed by atoms with Gasteiger partial charge >= 0.3 is 0 Å². The Hall–Kier alpha value is -8.07. The second-order valence-corrected chi connectivity index (χ2v) is 14.5. The van der Waals surface area contributed by atoms with Crippen molar-refractivity contribution in [2.45, 2.75) is 0 Å². The first-order valence-electron chi connectivity index (χ1n) is 19.4. The molecule has 0 saturated heterocycles. The molecule has 0 radical (unpaired) electrons. The number of rotatable bonds is 6. The van der Waals surface area contributed by atoms with Gasteiger partial charge in [0.2, 0.25) is 0 Å². The van der Waals surface area contributed by atoms with Crippen molar-refractivity contribution in [3.05, 3.63) is 206 Å². The van der Waals surface area contributed by atoms with Crippen LogP contribution in [0, 0.1) is 11.3 Å². The van der Waals surface area contributed by atoms with Crippen LogP contribution >= 0.6 is 0 Å². The van der Waals surface area contributed by atoms with Crippen molar-refractivity contribution in [1.82, 2.24) is 19.1 Å². The topological polar surface area (TPSA) is 59.4 Å². The highest BCUT2D eigenvalue weighted by Crippen LogP contribution is 2.43. The van der Waals surface area contributed by atoms with Crippen LogP contribution < -0.4 is 0 Å². The largest absolute Gasteiger partial charge is 0.309 e. The maximum atomic E-state index is 10.7. The van der Waals surface area contributed by atoms with Crippen LogP contribution in [-0.2, 0) is 0 Å². The quantitative estimate of drug-likeness (QED) is 0.171. The molecular formula is C53H33N5. The van der Waals surface area contributed by atoms with Crippen molar-refractivity contribution in [2.24, 2.45) is 0 Å². The van der Waals surface area contributed by atoms with Crippen molar-refractivity contribution < 1.29 is 0 Å². The van der Waals surface area contributed by atoms with E-state index in [0.29, 0.717) is 22.8 Å². The average Bonchev–Trinajstić information content (AvgIpc) is 3.82. The minimum absolute atomic E-state index is 0.439. The highest BCUT2D eigenvalue weighted by Gasteiger charge is 2.25. The molecule has 0 aliphatic heterocycles. The number of fused-ring (bicyclic) bond motifs is 6. The summed E-state index contributed by atoms with van der Waals surface area (Å²) in [6.07, 6.45) is 0. The Labute approximate surface area is 335 Å². The molecule has 0 amide bonds. The van der Waals surface area contributed by atoms with Gasteiger partial charge in [0.15, 0.2) is 5.82 Å². The number of hydrogen-bond acceptors (Lipinski definition) is 3. The van der Waals surface area contributed by atoms with E-state index in [1.165, 1.54) is 21.8 Å². The fourth-order valence-electron chi connectivity index (χ4n) is 8.67. The molecule has 0 aliphatic carbocycles. The van der Waals surface area contributed by atoms with Crippen molar-refractivity contribution >= 4 is 43.6 Å². The molecule has 5 nitrogen and oxygen atoms in total. The summed E-state index contributed by atoms with van der Waals surface area (Å²) in [7, 11) is 0. The monoisotopic (exact) mass is 739 g/mol. The zero-order valence-electron chi connectivity index (χ0n) is 31.3. The Bertz CT molecular complexity index is 3280. The fourth-order valence-corrected chi connectivity index (χ4v) is 8.67. The number of aromatic nitrogens is 4. The van der Waals surface area contributed by atoms with Crippen molar-refractivity contribution in [3.63, 3.8) is 0 Å². The van der Waals surface area contributed by atoms with Gasteiger partial charge in [0.1, 0.15) is 11.6 Å². The van der Waals surface area contributed by atoms with Crippen LogP contribution in [0.15, 0.2) is 200 Å². The number of hydrogen-bond donors (Lipinski definition) is 0. The highest BCUT2D eigenvalue weighted by atomic mass is 15.0. The Morgan fingerprint density at radius 1 is 0.397 bits per heavy atom. The molecule has 3 heterocycles. The lowest BCUT2D eigenvalue weighted by Crippen LogP contribution is -2.05. The minimum Gasteiger partial charge on any atom is -0.309 e. The predicted molar refractivity (Wildman–Crippen MR) is 237 cm³/mol. The molecule has 11 aromatic rings. The van der Waals surface area contributed by atoms with E-state index in [4.69, 9.17) is 9.97 Å². The number of nitriles is 1. The molecule has 270 valence electrons. The molecule has 5 heteroatoms. The molecule has 3 aromatic heterocycles. The third-order valence-corrected chi connectivity index (χ3v) is 11.2. The van der Waals surface area contributed by atoms with Gasteiger partial charge in [-0.05, 0) is 53.6 Å². The summed E-state index contributed by atoms with van der Waals surface area (Å²) in [4.78, 5) is 10.7. The predicted octanol–water partition coefficient (Wildman–Crippen LogP) is 13.2. The zero-order chi connectivity index (χ0) is 38.6. The lowest BCUT2D eigenvalue weighted by molar-refractivity contribution is 1.13. The molecule has 11 rings (SSSR count). The smallest absolute Gasteiger partial charge is 0.163 e. The summed E-state index contributed by atoms with van der Waals surface area (Å²) in [5.74, 6) is 0.541. The van der Waals surface area contributed by atoms with Crippen molar-refractivity contribution in [2.75, 3.05) is 0 Å². The fraction of sp³-hybridized carbons (Fsp3) is 0. The second kappa shape index (κ2) is 13.6. The molecule has 0 spiro atoms. The van der Waals surface area contributed by atoms with Crippen LogP contribution in [0.25, 0.3) is 100 Å². The lowest BCUT2D eigenvalue weighted by Gasteiger charge is -2.19. The Balaban J connectivity index is 1.23. The Morgan fingerprint density at radius 3 is 1.41 bits per heavy atom. The average molecular weight is 740 g/mol. The standard InChI is InChI=1S/C53H33N5/c54-34-44-51(36-19-6-2-7-20-36)55-53(56-52(44)37-21-8-3-9-22-37)50-39(35-17-4-1-5-18-35)26-16-30-49(50)58-47-29-15-12-25-42(47)43-33-38(31-32-48(43)58)57-45-27-13-10-23-40(45)41-24-11-14-28-46(41)57/h1-33H. The molecule has 0 unspecified atom stereocenters. The van der Waals surface area contributed by atoms with E-state index in [1.54, 1.807) is 0 Å². The van der Waals surface area contributed by atoms with Gasteiger partial charge in [0.25, 0.3) is 0 Å². The Kier molecular flexibility index (Phi) is 7.80. The van der Waals surface area contributed by atoms with Gasteiger partial charge in [-0.3, -0.25) is 0 Å². The van der Waals surface area contributed by atoms with Gasteiger partial charge in [0.05, 0.1) is 44.7 Å². The van der Waals surface area contributed by atoms with Gasteiger partial charge in [-0.25, -0.2) is 9.97 Å². The number of benzene rings is 8. The van der Waals surface area contributed by atoms with Gasteiger partial charge in [-0.2, -0.15) is 5.26 Å². The third kappa shape index (κ3) is 5.24. The molecule has 0 aliphatic rings. The van der Waals surface area contributed by atoms with Gasteiger partial charge in [0, 0.05) is 38.4 Å². The van der Waals surface area contributed by atoms with Gasteiger partial charge in [-0.1, -0.05) is 158 Å². The van der Waals surface area contributed by atoms with Crippen LogP contribution in [0.1, 0.15) is 5.56 Å². The van der Waals surface area contributed by atoms with Crippen molar-refractivity contribution in [1.29, 1.82) is 5.26 Å². The summed E-state index contributed by atoms with van der Waals surface area (Å²) in [6, 6.07) is 71.9. The first-order valence-corrected chi connectivity index (χ1v) is 19.4. The Morgan fingerprint density at radius 2 is 0.862 bits per heavy atom. The van der Waals surface area contributed by atoms with E-state index in [9.17, 15) is 5.26 Å². The third-order valence-electron chi connectivity index (χ3n) is 11.2. The number of para-hydroxylation sites is 3. The van der Waals surface area contributed by atoms with Gasteiger partial charge in [-0.15, -0.1) is 0 Å². The SMILES string of the molecule is N#Cc1c(-c2ccccc2)nc(-c2c(-c3ccccc3)cccc2-n2c3ccccc3c3cc(-n4c5ccccc5c5ccccc54)ccc32)nc1-c1ccccc1. The molecule has 58 heavy (non-hydrogen) atoms. The maximum Gasteiger partial charge on any atom is 0.163 e. The van der Waals surface area contributed by atoms with E-state index in [0.717, 1.165) is 61.0 Å². The zero-order valence-corrected chi connectivity index (χ0v) is 31.3. The van der Waals surface area contributed by atoms with Crippen LogP contribution in [0.2, 0.25) is 0 Å². The molecular weight excluding hydrogens is 707 g/mol. The maximum absolute atomic E-state index is 10.7. The molecule has 0 saturated carbocycles. The molecule has 0 N–H and O–H groups in total. The molecule has 0 atom stereocenters.